The fourth-order valence-corrected chi connectivity index (χ4v) is 10.4. The van der Waals surface area contributed by atoms with E-state index >= 15 is 0 Å². The lowest BCUT2D eigenvalue weighted by molar-refractivity contribution is 0.415. The van der Waals surface area contributed by atoms with Gasteiger partial charge >= 0.3 is 0 Å². The second kappa shape index (κ2) is 17.2. The van der Waals surface area contributed by atoms with Crippen LogP contribution in [0, 0.1) is 65.2 Å². The van der Waals surface area contributed by atoms with Crippen LogP contribution < -0.4 is 9.47 Å². The van der Waals surface area contributed by atoms with Crippen molar-refractivity contribution < 1.29 is 9.47 Å². The zero-order valence-electron chi connectivity index (χ0n) is 38.8. The molecule has 66 heavy (non-hydrogen) atoms. The summed E-state index contributed by atoms with van der Waals surface area (Å²) in [5, 5.41) is 9.27. The summed E-state index contributed by atoms with van der Waals surface area (Å²) >= 11 is 0. The number of fused-ring (bicyclic) bond motifs is 4. The summed E-state index contributed by atoms with van der Waals surface area (Å²) in [6, 6.07) is 56.0. The molecule has 0 radical (unpaired) electrons. The molecular formula is C64H50O2. The van der Waals surface area contributed by atoms with Gasteiger partial charge in [-0.3, -0.25) is 0 Å². The first-order valence-electron chi connectivity index (χ1n) is 22.6. The highest BCUT2D eigenvalue weighted by Crippen LogP contribution is 2.43. The molecule has 0 aliphatic heterocycles. The van der Waals surface area contributed by atoms with E-state index in [1.165, 1.54) is 77.2 Å². The molecule has 0 aromatic heterocycles. The van der Waals surface area contributed by atoms with Crippen LogP contribution in [-0.2, 0) is 0 Å². The standard InChI is InChI=1S/C64H50O2/c1-39-37-41(3)61(43(5)49(39)33-35-55-51-17-9-13-21-57(51)63(58-22-14-10-18-52(55)58)45-25-29-47(65-7)30-26-45)62-42(4)38-40(2)50(44(62)6)34-36-56-53-19-11-15-23-59(53)64(60-24-16-12-20-54(56)60)46-27-31-48(66-8)32-28-46/h9-32,37-38H,1-8H3. The van der Waals surface area contributed by atoms with Gasteiger partial charge in [-0.1, -0.05) is 157 Å². The summed E-state index contributed by atoms with van der Waals surface area (Å²) in [4.78, 5) is 0. The SMILES string of the molecule is COc1ccc(-c2c3ccccc3c(C#Cc3c(C)cc(C)c(-c4c(C)cc(C)c(C#Cc5c6ccccc6c(-c6ccc(OC)cc6)c6ccccc56)c4C)c3C)c3ccccc23)cc1. The van der Waals surface area contributed by atoms with Crippen LogP contribution in [0.3, 0.4) is 0 Å². The van der Waals surface area contributed by atoms with E-state index in [-0.39, 0.29) is 0 Å². The maximum atomic E-state index is 5.51. The Morgan fingerprint density at radius 3 is 0.848 bits per heavy atom. The van der Waals surface area contributed by atoms with Crippen molar-refractivity contribution in [3.8, 4) is 68.6 Å². The molecular weight excluding hydrogens is 801 g/mol. The molecule has 0 spiro atoms. The van der Waals surface area contributed by atoms with Crippen molar-refractivity contribution in [2.45, 2.75) is 41.5 Å². The average molecular weight is 851 g/mol. The van der Waals surface area contributed by atoms with Crippen molar-refractivity contribution in [2.24, 2.45) is 0 Å². The van der Waals surface area contributed by atoms with Crippen LogP contribution in [0.4, 0.5) is 0 Å². The minimum atomic E-state index is 0.841. The van der Waals surface area contributed by atoms with Crippen LogP contribution in [0.2, 0.25) is 0 Å². The fraction of sp³-hybridized carbons (Fsp3) is 0.125. The number of hydrogen-bond donors (Lipinski definition) is 0. The molecule has 2 nitrogen and oxygen atoms in total. The van der Waals surface area contributed by atoms with E-state index in [2.05, 4.69) is 199 Å². The molecule has 0 amide bonds. The molecule has 0 heterocycles. The topological polar surface area (TPSA) is 18.5 Å². The van der Waals surface area contributed by atoms with E-state index in [1.54, 1.807) is 14.2 Å². The third kappa shape index (κ3) is 7.13. The number of aryl methyl sites for hydroxylation is 4. The molecule has 0 fully saturated rings. The summed E-state index contributed by atoms with van der Waals surface area (Å²) < 4.78 is 11.0. The van der Waals surface area contributed by atoms with E-state index in [1.807, 2.05) is 24.3 Å². The molecule has 0 unspecified atom stereocenters. The van der Waals surface area contributed by atoms with Crippen molar-refractivity contribution >= 4 is 43.1 Å². The van der Waals surface area contributed by atoms with E-state index in [0.717, 1.165) is 66.4 Å². The molecule has 2 heteroatoms. The molecule has 0 saturated carbocycles. The second-order valence-corrected chi connectivity index (χ2v) is 17.4. The molecule has 0 saturated heterocycles. The Bertz CT molecular complexity index is 3350. The van der Waals surface area contributed by atoms with Crippen molar-refractivity contribution in [1.29, 1.82) is 0 Å². The van der Waals surface area contributed by atoms with Crippen LogP contribution in [0.5, 0.6) is 11.5 Å². The first-order valence-corrected chi connectivity index (χ1v) is 22.6. The van der Waals surface area contributed by atoms with Gasteiger partial charge in [0.1, 0.15) is 11.5 Å². The van der Waals surface area contributed by atoms with Crippen molar-refractivity contribution in [3.05, 3.63) is 213 Å². The van der Waals surface area contributed by atoms with Crippen LogP contribution in [0.25, 0.3) is 76.5 Å². The molecule has 10 rings (SSSR count). The summed E-state index contributed by atoms with van der Waals surface area (Å²) in [6.45, 7) is 13.3. The summed E-state index contributed by atoms with van der Waals surface area (Å²) in [6.07, 6.45) is 0. The lowest BCUT2D eigenvalue weighted by Gasteiger charge is -2.21. The van der Waals surface area contributed by atoms with E-state index < -0.39 is 0 Å². The monoisotopic (exact) mass is 850 g/mol. The predicted octanol–water partition coefficient (Wildman–Crippen LogP) is 16.0. The minimum Gasteiger partial charge on any atom is -0.497 e. The normalized spacial score (nSPS) is 11.1. The molecule has 0 aliphatic carbocycles. The Morgan fingerprint density at radius 2 is 0.561 bits per heavy atom. The lowest BCUT2D eigenvalue weighted by atomic mass is 9.83. The summed E-state index contributed by atoms with van der Waals surface area (Å²) in [5.41, 5.74) is 18.5. The highest BCUT2D eigenvalue weighted by Gasteiger charge is 2.20. The third-order valence-corrected chi connectivity index (χ3v) is 13.4. The van der Waals surface area contributed by atoms with Crippen molar-refractivity contribution in [3.63, 3.8) is 0 Å². The highest BCUT2D eigenvalue weighted by atomic mass is 16.5. The molecule has 318 valence electrons. The predicted molar refractivity (Wildman–Crippen MR) is 279 cm³/mol. The molecule has 0 N–H and O–H groups in total. The lowest BCUT2D eigenvalue weighted by Crippen LogP contribution is -2.02. The fourth-order valence-electron chi connectivity index (χ4n) is 10.4. The van der Waals surface area contributed by atoms with Gasteiger partial charge in [-0.15, -0.1) is 0 Å². The van der Waals surface area contributed by atoms with Crippen molar-refractivity contribution in [1.82, 2.24) is 0 Å². The maximum absolute atomic E-state index is 5.51. The Morgan fingerprint density at radius 1 is 0.288 bits per heavy atom. The second-order valence-electron chi connectivity index (χ2n) is 17.4. The Labute approximate surface area is 388 Å². The minimum absolute atomic E-state index is 0.841. The van der Waals surface area contributed by atoms with Gasteiger partial charge in [0.05, 0.1) is 14.2 Å². The number of methoxy groups -OCH3 is 2. The van der Waals surface area contributed by atoms with Gasteiger partial charge < -0.3 is 9.47 Å². The smallest absolute Gasteiger partial charge is 0.118 e. The van der Waals surface area contributed by atoms with E-state index in [9.17, 15) is 0 Å². The van der Waals surface area contributed by atoms with Gasteiger partial charge in [-0.2, -0.15) is 0 Å². The third-order valence-electron chi connectivity index (χ3n) is 13.4. The van der Waals surface area contributed by atoms with Crippen LogP contribution in [0.15, 0.2) is 158 Å². The van der Waals surface area contributed by atoms with Crippen LogP contribution in [0.1, 0.15) is 55.6 Å². The summed E-state index contributed by atoms with van der Waals surface area (Å²) in [5.74, 6) is 16.7. The number of benzene rings is 10. The van der Waals surface area contributed by atoms with Gasteiger partial charge in [-0.05, 0) is 176 Å². The van der Waals surface area contributed by atoms with Gasteiger partial charge in [0.2, 0.25) is 0 Å². The van der Waals surface area contributed by atoms with Crippen LogP contribution in [-0.4, -0.2) is 14.2 Å². The van der Waals surface area contributed by atoms with Crippen molar-refractivity contribution in [2.75, 3.05) is 14.2 Å². The number of rotatable bonds is 5. The number of ether oxygens (including phenoxy) is 2. The zero-order valence-corrected chi connectivity index (χ0v) is 38.8. The van der Waals surface area contributed by atoms with Gasteiger partial charge in [0.15, 0.2) is 0 Å². The van der Waals surface area contributed by atoms with Crippen LogP contribution >= 0.6 is 0 Å². The largest absolute Gasteiger partial charge is 0.497 e. The average Bonchev–Trinajstić information content (AvgIpc) is 3.34. The molecule has 0 bridgehead atoms. The zero-order chi connectivity index (χ0) is 45.6. The first-order chi connectivity index (χ1) is 32.2. The molecule has 10 aromatic rings. The maximum Gasteiger partial charge on any atom is 0.118 e. The Balaban J connectivity index is 1.12. The number of hydrogen-bond acceptors (Lipinski definition) is 2. The molecule has 0 aliphatic rings. The Kier molecular flexibility index (Phi) is 10.9. The quantitative estimate of drug-likeness (QED) is 0.127. The highest BCUT2D eigenvalue weighted by molar-refractivity contribution is 6.17. The van der Waals surface area contributed by atoms with E-state index in [4.69, 9.17) is 9.47 Å². The van der Waals surface area contributed by atoms with Gasteiger partial charge in [0, 0.05) is 22.3 Å². The van der Waals surface area contributed by atoms with Gasteiger partial charge in [0.25, 0.3) is 0 Å². The first kappa shape index (κ1) is 41.9. The van der Waals surface area contributed by atoms with E-state index in [0.29, 0.717) is 0 Å². The summed E-state index contributed by atoms with van der Waals surface area (Å²) in [7, 11) is 3.41. The van der Waals surface area contributed by atoms with Gasteiger partial charge in [-0.25, -0.2) is 0 Å². The Hall–Kier alpha value is -8.04. The molecule has 10 aromatic carbocycles. The molecule has 0 atom stereocenters.